The molecular weight excluding hydrogens is 414 g/mol. The first-order valence-electron chi connectivity index (χ1n) is 11.1. The summed E-state index contributed by atoms with van der Waals surface area (Å²) in [6, 6.07) is 15.0. The topological polar surface area (TPSA) is 50.8 Å². The summed E-state index contributed by atoms with van der Waals surface area (Å²) >= 11 is 0. The molecule has 32 heavy (non-hydrogen) atoms. The minimum Gasteiger partial charge on any atom is -0.465 e. The van der Waals surface area contributed by atoms with Crippen molar-refractivity contribution in [2.75, 3.05) is 32.6 Å². The Labute approximate surface area is 187 Å². The molecule has 172 valence electrons. The summed E-state index contributed by atoms with van der Waals surface area (Å²) in [5, 5.41) is 3.57. The van der Waals surface area contributed by atoms with Gasteiger partial charge in [-0.3, -0.25) is 9.69 Å². The van der Waals surface area contributed by atoms with Crippen molar-refractivity contribution >= 4 is 11.7 Å². The van der Waals surface area contributed by atoms with Gasteiger partial charge in [0.05, 0.1) is 31.4 Å². The molecule has 1 N–H and O–H groups in total. The van der Waals surface area contributed by atoms with Gasteiger partial charge in [-0.15, -0.1) is 0 Å². The van der Waals surface area contributed by atoms with E-state index in [2.05, 4.69) is 17.4 Å². The monoisotopic (exact) mass is 444 g/mol. The van der Waals surface area contributed by atoms with Crippen LogP contribution in [-0.4, -0.2) is 44.2 Å². The zero-order chi connectivity index (χ0) is 22.7. The maximum Gasteiger partial charge on any atom is 0.320 e. The number of rotatable bonds is 7. The minimum absolute atomic E-state index is 0.00537. The highest BCUT2D eigenvalue weighted by atomic mass is 19.3. The normalized spacial score (nSPS) is 24.6. The molecule has 0 amide bonds. The van der Waals surface area contributed by atoms with Crippen molar-refractivity contribution < 1.29 is 23.0 Å². The van der Waals surface area contributed by atoms with E-state index >= 15 is 0 Å². The van der Waals surface area contributed by atoms with E-state index in [9.17, 15) is 13.6 Å². The van der Waals surface area contributed by atoms with E-state index in [4.69, 9.17) is 9.47 Å². The summed E-state index contributed by atoms with van der Waals surface area (Å²) in [6.45, 7) is 0.531. The van der Waals surface area contributed by atoms with Crippen LogP contribution in [0.2, 0.25) is 0 Å². The van der Waals surface area contributed by atoms with Gasteiger partial charge in [-0.05, 0) is 44.6 Å². The Balaban J connectivity index is 1.52. The highest BCUT2D eigenvalue weighted by Crippen LogP contribution is 2.51. The molecule has 1 saturated heterocycles. The van der Waals surface area contributed by atoms with Gasteiger partial charge < -0.3 is 14.8 Å². The predicted molar refractivity (Wildman–Crippen MR) is 119 cm³/mol. The Kier molecular flexibility index (Phi) is 7.06. The minimum atomic E-state index is -2.53. The Bertz CT molecular complexity index is 923. The van der Waals surface area contributed by atoms with Crippen molar-refractivity contribution in [1.29, 1.82) is 0 Å². The lowest BCUT2D eigenvalue weighted by Gasteiger charge is -2.46. The molecule has 2 aliphatic rings. The number of carbonyl (C=O) groups is 1. The maximum atomic E-state index is 13.4. The molecule has 0 radical (unpaired) electrons. The smallest absolute Gasteiger partial charge is 0.320 e. The molecule has 3 unspecified atom stereocenters. The summed E-state index contributed by atoms with van der Waals surface area (Å²) in [4.78, 5) is 13.6. The van der Waals surface area contributed by atoms with E-state index in [1.807, 2.05) is 32.3 Å². The Morgan fingerprint density at radius 1 is 1.19 bits per heavy atom. The average Bonchev–Trinajstić information content (AvgIpc) is 2.78. The number of fused-ring (bicyclic) bond motifs is 3. The third-order valence-corrected chi connectivity index (χ3v) is 6.23. The second kappa shape index (κ2) is 9.96. The fourth-order valence-corrected chi connectivity index (χ4v) is 4.72. The Morgan fingerprint density at radius 3 is 2.69 bits per heavy atom. The van der Waals surface area contributed by atoms with Gasteiger partial charge in [0.1, 0.15) is 0 Å². The number of carbonyl (C=O) groups excluding carboxylic acids is 1. The summed E-state index contributed by atoms with van der Waals surface area (Å²) in [5.41, 5.74) is 2.79. The SMILES string of the molecule is CN(C)CC(=O)OCCC1CCC2C(O1)c1cc(C(F)F)ccc1N[C@H]2c1ccccc1. The number of nitrogens with one attached hydrogen (secondary N) is 1. The number of halogens is 2. The second-order valence-corrected chi connectivity index (χ2v) is 8.85. The van der Waals surface area contributed by atoms with Gasteiger partial charge in [-0.25, -0.2) is 8.78 Å². The van der Waals surface area contributed by atoms with E-state index in [1.54, 1.807) is 17.0 Å². The lowest BCUT2D eigenvalue weighted by molar-refractivity contribution is -0.147. The van der Waals surface area contributed by atoms with Crippen LogP contribution in [0.15, 0.2) is 48.5 Å². The number of benzene rings is 2. The van der Waals surface area contributed by atoms with Crippen LogP contribution in [0.1, 0.15) is 54.5 Å². The van der Waals surface area contributed by atoms with Gasteiger partial charge in [0.15, 0.2) is 0 Å². The summed E-state index contributed by atoms with van der Waals surface area (Å²) in [7, 11) is 3.63. The highest BCUT2D eigenvalue weighted by molar-refractivity contribution is 5.71. The van der Waals surface area contributed by atoms with Gasteiger partial charge >= 0.3 is 5.97 Å². The van der Waals surface area contributed by atoms with Crippen LogP contribution in [0, 0.1) is 5.92 Å². The quantitative estimate of drug-likeness (QED) is 0.601. The summed E-state index contributed by atoms with van der Waals surface area (Å²) in [5.74, 6) is -0.132. The van der Waals surface area contributed by atoms with Crippen LogP contribution in [-0.2, 0) is 14.3 Å². The maximum absolute atomic E-state index is 13.4. The Hall–Kier alpha value is -2.51. The molecule has 2 aliphatic heterocycles. The van der Waals surface area contributed by atoms with E-state index < -0.39 is 6.43 Å². The lowest BCUT2D eigenvalue weighted by Crippen LogP contribution is -2.39. The van der Waals surface area contributed by atoms with E-state index in [0.717, 1.165) is 29.7 Å². The molecule has 2 heterocycles. The van der Waals surface area contributed by atoms with Gasteiger partial charge in [0.2, 0.25) is 0 Å². The van der Waals surface area contributed by atoms with Crippen molar-refractivity contribution in [3.63, 3.8) is 0 Å². The van der Waals surface area contributed by atoms with Crippen LogP contribution in [0.4, 0.5) is 14.5 Å². The fourth-order valence-electron chi connectivity index (χ4n) is 4.72. The van der Waals surface area contributed by atoms with Gasteiger partial charge in [0.25, 0.3) is 6.43 Å². The average molecular weight is 445 g/mol. The molecule has 2 aromatic rings. The van der Waals surface area contributed by atoms with E-state index in [0.29, 0.717) is 13.0 Å². The highest BCUT2D eigenvalue weighted by Gasteiger charge is 2.42. The van der Waals surface area contributed by atoms with Crippen molar-refractivity contribution in [3.05, 3.63) is 65.2 Å². The molecule has 4 atom stereocenters. The molecule has 0 saturated carbocycles. The van der Waals surface area contributed by atoms with E-state index in [1.165, 1.54) is 6.07 Å². The molecule has 1 fully saturated rings. The van der Waals surface area contributed by atoms with E-state index in [-0.39, 0.29) is 42.2 Å². The number of ether oxygens (including phenoxy) is 2. The van der Waals surface area contributed by atoms with Crippen molar-refractivity contribution in [2.24, 2.45) is 5.92 Å². The fraction of sp³-hybridized carbons (Fsp3) is 0.480. The standard InChI is InChI=1S/C25H30F2N2O3/c1-29(2)15-22(30)31-13-12-18-9-10-19-23(16-6-4-3-5-7-16)28-21-11-8-17(25(26)27)14-20(21)24(19)32-18/h3-8,11,14,18-19,23-25,28H,9-10,12-13,15H2,1-2H3/t18?,19?,23-,24?/m0/s1. The van der Waals surface area contributed by atoms with Crippen molar-refractivity contribution in [2.45, 2.75) is 43.9 Å². The number of nitrogens with zero attached hydrogens (tertiary/aromatic N) is 1. The van der Waals surface area contributed by atoms with Gasteiger partial charge in [-0.2, -0.15) is 0 Å². The summed E-state index contributed by atoms with van der Waals surface area (Å²) < 4.78 is 38.6. The van der Waals surface area contributed by atoms with Gasteiger partial charge in [-0.1, -0.05) is 36.4 Å². The number of alkyl halides is 2. The third kappa shape index (κ3) is 5.10. The van der Waals surface area contributed by atoms with Crippen LogP contribution in [0.3, 0.4) is 0 Å². The molecule has 0 spiro atoms. The van der Waals surface area contributed by atoms with Crippen LogP contribution < -0.4 is 5.32 Å². The molecule has 0 bridgehead atoms. The molecule has 7 heteroatoms. The molecule has 0 aliphatic carbocycles. The first-order valence-corrected chi connectivity index (χ1v) is 11.1. The Morgan fingerprint density at radius 2 is 1.97 bits per heavy atom. The van der Waals surface area contributed by atoms with Crippen LogP contribution in [0.5, 0.6) is 0 Å². The lowest BCUT2D eigenvalue weighted by atomic mass is 9.76. The molecule has 4 rings (SSSR count). The van der Waals surface area contributed by atoms with Gasteiger partial charge in [0, 0.05) is 29.2 Å². The molecule has 5 nitrogen and oxygen atoms in total. The molecule has 0 aromatic heterocycles. The number of hydrogen-bond donors (Lipinski definition) is 1. The molecular formula is C25H30F2N2O3. The predicted octanol–water partition coefficient (Wildman–Crippen LogP) is 5.12. The summed E-state index contributed by atoms with van der Waals surface area (Å²) in [6.07, 6.45) is -0.573. The number of hydrogen-bond acceptors (Lipinski definition) is 5. The van der Waals surface area contributed by atoms with Crippen LogP contribution in [0.25, 0.3) is 0 Å². The molecule has 2 aromatic carbocycles. The van der Waals surface area contributed by atoms with Crippen LogP contribution >= 0.6 is 0 Å². The van der Waals surface area contributed by atoms with Crippen molar-refractivity contribution in [1.82, 2.24) is 4.90 Å². The number of esters is 1. The first-order chi connectivity index (χ1) is 15.4. The largest absolute Gasteiger partial charge is 0.465 e. The number of likely N-dealkylation sites (N-methyl/N-ethyl adjacent to an activating group) is 1. The zero-order valence-corrected chi connectivity index (χ0v) is 18.5. The second-order valence-electron chi connectivity index (χ2n) is 8.85. The third-order valence-electron chi connectivity index (χ3n) is 6.23. The zero-order valence-electron chi connectivity index (χ0n) is 18.5. The first kappa shape index (κ1) is 22.7. The van der Waals surface area contributed by atoms with Crippen molar-refractivity contribution in [3.8, 4) is 0 Å². The number of anilines is 1.